The largest absolute Gasteiger partial charge is 0.493 e. The summed E-state index contributed by atoms with van der Waals surface area (Å²) < 4.78 is 0.906. The second kappa shape index (κ2) is 8.83. The van der Waals surface area contributed by atoms with Crippen LogP contribution in [0.25, 0.3) is 16.7 Å². The number of benzene rings is 2. The Kier molecular flexibility index (Phi) is 5.93. The lowest BCUT2D eigenvalue weighted by molar-refractivity contribution is 0.430. The fraction of sp³-hybridized carbons (Fsp3) is 0.182. The van der Waals surface area contributed by atoms with Crippen molar-refractivity contribution in [3.63, 3.8) is 0 Å². The molecule has 33 heavy (non-hydrogen) atoms. The van der Waals surface area contributed by atoms with Gasteiger partial charge in [-0.15, -0.1) is 0 Å². The fourth-order valence-electron chi connectivity index (χ4n) is 3.63. The maximum atomic E-state index is 12.5. The third-order valence-corrected chi connectivity index (χ3v) is 5.58. The maximum absolute atomic E-state index is 12.5. The molecule has 0 spiro atoms. The zero-order chi connectivity index (χ0) is 23.7. The van der Waals surface area contributed by atoms with Gasteiger partial charge in [0, 0.05) is 19.3 Å². The molecule has 0 unspecified atom stereocenters. The number of halogens is 1. The Balaban J connectivity index is 1.89. The third kappa shape index (κ3) is 4.08. The molecule has 2 heterocycles. The number of nitrogens with zero attached hydrogens (tertiary/aromatic N) is 3. The zero-order valence-electron chi connectivity index (χ0n) is 17.8. The summed E-state index contributed by atoms with van der Waals surface area (Å²) in [7, 11) is 0. The van der Waals surface area contributed by atoms with Gasteiger partial charge in [0.25, 0.3) is 5.56 Å². The smallest absolute Gasteiger partial charge is 0.335 e. The Morgan fingerprint density at radius 1 is 1.06 bits per heavy atom. The highest BCUT2D eigenvalue weighted by molar-refractivity contribution is 6.32. The van der Waals surface area contributed by atoms with Crippen LogP contribution in [0.5, 0.6) is 5.88 Å². The first-order chi connectivity index (χ1) is 15.8. The van der Waals surface area contributed by atoms with Crippen molar-refractivity contribution in [3.8, 4) is 11.6 Å². The number of nitrogens with one attached hydrogen (secondary N) is 3. The van der Waals surface area contributed by atoms with E-state index < -0.39 is 17.1 Å². The van der Waals surface area contributed by atoms with Crippen LogP contribution in [0.4, 0.5) is 11.4 Å². The highest BCUT2D eigenvalue weighted by Gasteiger charge is 2.17. The molecular formula is C22H21ClN6O4. The van der Waals surface area contributed by atoms with Gasteiger partial charge in [0.1, 0.15) is 5.56 Å². The Hall–Kier alpha value is -4.05. The second-order valence-corrected chi connectivity index (χ2v) is 7.59. The normalized spacial score (nSPS) is 11.5. The Labute approximate surface area is 191 Å². The van der Waals surface area contributed by atoms with Crippen molar-refractivity contribution in [2.45, 2.75) is 13.8 Å². The summed E-state index contributed by atoms with van der Waals surface area (Å²) in [6.45, 7) is 5.33. The van der Waals surface area contributed by atoms with E-state index in [0.717, 1.165) is 10.3 Å². The van der Waals surface area contributed by atoms with E-state index >= 15 is 0 Å². The number of aromatic hydroxyl groups is 1. The number of aliphatic imine (C=N–C) groups is 1. The lowest BCUT2D eigenvalue weighted by Crippen LogP contribution is -2.31. The molecular weight excluding hydrogens is 448 g/mol. The van der Waals surface area contributed by atoms with E-state index in [1.54, 1.807) is 30.3 Å². The highest BCUT2D eigenvalue weighted by Crippen LogP contribution is 2.32. The minimum atomic E-state index is -0.835. The monoisotopic (exact) mass is 468 g/mol. The molecule has 170 valence electrons. The molecule has 4 N–H and O–H groups in total. The molecule has 0 aliphatic heterocycles. The van der Waals surface area contributed by atoms with Gasteiger partial charge in [-0.2, -0.15) is 0 Å². The first-order valence-electron chi connectivity index (χ1n) is 10.2. The topological polar surface area (TPSA) is 139 Å². The van der Waals surface area contributed by atoms with E-state index in [1.165, 1.54) is 12.3 Å². The average molecular weight is 469 g/mol. The van der Waals surface area contributed by atoms with Crippen molar-refractivity contribution in [1.82, 2.24) is 19.5 Å². The van der Waals surface area contributed by atoms with Gasteiger partial charge in [-0.1, -0.05) is 23.7 Å². The summed E-state index contributed by atoms with van der Waals surface area (Å²) in [6, 6.07) is 9.89. The van der Waals surface area contributed by atoms with Gasteiger partial charge in [-0.05, 0) is 38.1 Å². The SMILES string of the molecule is CCN(CC)c1cc2[nH]c(=O)[nH]c2cc1N=Cc1c(O)n(-c2ccccc2Cl)c(=O)[nH]c1=O. The van der Waals surface area contributed by atoms with Gasteiger partial charge in [-0.3, -0.25) is 14.8 Å². The summed E-state index contributed by atoms with van der Waals surface area (Å²) in [5.74, 6) is -0.596. The summed E-state index contributed by atoms with van der Waals surface area (Å²) in [5.41, 5.74) is 0.368. The maximum Gasteiger partial charge on any atom is 0.335 e. The van der Waals surface area contributed by atoms with Crippen LogP contribution in [0.15, 0.2) is 55.8 Å². The molecule has 2 aromatic heterocycles. The number of aromatic nitrogens is 4. The molecule has 4 rings (SSSR count). The number of aromatic amines is 3. The molecule has 10 nitrogen and oxygen atoms in total. The number of anilines is 1. The van der Waals surface area contributed by atoms with Crippen LogP contribution in [0, 0.1) is 0 Å². The Morgan fingerprint density at radius 3 is 2.39 bits per heavy atom. The van der Waals surface area contributed by atoms with Crippen LogP contribution in [0.3, 0.4) is 0 Å². The van der Waals surface area contributed by atoms with E-state index in [1.807, 2.05) is 18.7 Å². The predicted octanol–water partition coefficient (Wildman–Crippen LogP) is 2.65. The van der Waals surface area contributed by atoms with E-state index in [2.05, 4.69) is 19.9 Å². The first kappa shape index (κ1) is 22.2. The lowest BCUT2D eigenvalue weighted by atomic mass is 10.2. The fourth-order valence-corrected chi connectivity index (χ4v) is 3.85. The molecule has 0 bridgehead atoms. The molecule has 0 fully saturated rings. The molecule has 0 saturated heterocycles. The molecule has 11 heteroatoms. The standard InChI is InChI=1S/C22H21ClN6O4/c1-3-28(4-2)18-10-15-14(25-21(32)26-15)9-16(18)24-11-12-19(30)27-22(33)29(20(12)31)17-8-6-5-7-13(17)23/h5-11,31H,3-4H2,1-2H3,(H2,25,26,32)(H,27,30,33). The average Bonchev–Trinajstić information content (AvgIpc) is 3.14. The molecule has 0 radical (unpaired) electrons. The predicted molar refractivity (Wildman–Crippen MR) is 129 cm³/mol. The van der Waals surface area contributed by atoms with Crippen molar-refractivity contribution in [1.29, 1.82) is 0 Å². The van der Waals surface area contributed by atoms with Crippen molar-refractivity contribution >= 4 is 40.2 Å². The highest BCUT2D eigenvalue weighted by atomic mass is 35.5. The number of H-pyrrole nitrogens is 3. The van der Waals surface area contributed by atoms with Gasteiger partial charge < -0.3 is 20.0 Å². The van der Waals surface area contributed by atoms with E-state index in [4.69, 9.17) is 11.6 Å². The van der Waals surface area contributed by atoms with Gasteiger partial charge in [0.15, 0.2) is 0 Å². The van der Waals surface area contributed by atoms with Crippen LogP contribution in [0.2, 0.25) is 5.02 Å². The van der Waals surface area contributed by atoms with Crippen molar-refractivity contribution in [3.05, 3.63) is 78.3 Å². The van der Waals surface area contributed by atoms with Crippen LogP contribution in [0.1, 0.15) is 19.4 Å². The Bertz CT molecular complexity index is 1540. The van der Waals surface area contributed by atoms with E-state index in [9.17, 15) is 19.5 Å². The van der Waals surface area contributed by atoms with Crippen LogP contribution >= 0.6 is 11.6 Å². The number of hydrogen-bond donors (Lipinski definition) is 4. The van der Waals surface area contributed by atoms with Crippen LogP contribution in [-0.2, 0) is 0 Å². The quantitative estimate of drug-likeness (QED) is 0.322. The van der Waals surface area contributed by atoms with Gasteiger partial charge >= 0.3 is 11.4 Å². The number of rotatable bonds is 6. The van der Waals surface area contributed by atoms with Crippen molar-refractivity contribution < 1.29 is 5.11 Å². The summed E-state index contributed by atoms with van der Waals surface area (Å²) in [5, 5.41) is 11.0. The molecule has 0 atom stereocenters. The third-order valence-electron chi connectivity index (χ3n) is 5.26. The molecule has 0 amide bonds. The zero-order valence-corrected chi connectivity index (χ0v) is 18.6. The summed E-state index contributed by atoms with van der Waals surface area (Å²) in [4.78, 5) is 50.7. The minimum absolute atomic E-state index is 0.211. The molecule has 0 saturated carbocycles. The van der Waals surface area contributed by atoms with Gasteiger partial charge in [0.05, 0.1) is 33.1 Å². The molecule has 4 aromatic rings. The van der Waals surface area contributed by atoms with Crippen molar-refractivity contribution in [2.24, 2.45) is 4.99 Å². The second-order valence-electron chi connectivity index (χ2n) is 7.18. The number of hydrogen-bond acceptors (Lipinski definition) is 6. The van der Waals surface area contributed by atoms with E-state index in [-0.39, 0.29) is 22.0 Å². The van der Waals surface area contributed by atoms with Crippen molar-refractivity contribution in [2.75, 3.05) is 18.0 Å². The Morgan fingerprint density at radius 2 is 1.73 bits per heavy atom. The van der Waals surface area contributed by atoms with Crippen LogP contribution < -0.4 is 21.8 Å². The van der Waals surface area contributed by atoms with Gasteiger partial charge in [0.2, 0.25) is 5.88 Å². The lowest BCUT2D eigenvalue weighted by Gasteiger charge is -2.22. The molecule has 0 aliphatic carbocycles. The summed E-state index contributed by atoms with van der Waals surface area (Å²) in [6.07, 6.45) is 1.18. The van der Waals surface area contributed by atoms with E-state index in [0.29, 0.717) is 29.8 Å². The van der Waals surface area contributed by atoms with Gasteiger partial charge in [-0.25, -0.2) is 14.2 Å². The number of para-hydroxylation sites is 1. The first-order valence-corrected chi connectivity index (χ1v) is 10.6. The summed E-state index contributed by atoms with van der Waals surface area (Å²) >= 11 is 6.18. The molecule has 0 aliphatic rings. The number of imidazole rings is 1. The molecule has 2 aromatic carbocycles. The van der Waals surface area contributed by atoms with Crippen LogP contribution in [-0.4, -0.2) is 43.9 Å². The number of fused-ring (bicyclic) bond motifs is 1. The minimum Gasteiger partial charge on any atom is -0.493 e.